The number of nitrogens with zero attached hydrogens (tertiary/aromatic N) is 2. The van der Waals surface area contributed by atoms with Crippen molar-refractivity contribution in [3.63, 3.8) is 0 Å². The highest BCUT2D eigenvalue weighted by Gasteiger charge is 2.46. The van der Waals surface area contributed by atoms with E-state index in [1.807, 2.05) is 29.1 Å². The molecule has 5 rings (SSSR count). The van der Waals surface area contributed by atoms with Crippen LogP contribution in [0.15, 0.2) is 72.4 Å². The van der Waals surface area contributed by atoms with Gasteiger partial charge >= 0.3 is 5.97 Å². The average Bonchev–Trinajstić information content (AvgIpc) is 3.53. The Balaban J connectivity index is 1.14. The molecule has 2 fully saturated rings. The van der Waals surface area contributed by atoms with Gasteiger partial charge in [0.25, 0.3) is 0 Å². The predicted molar refractivity (Wildman–Crippen MR) is 140 cm³/mol. The van der Waals surface area contributed by atoms with E-state index in [9.17, 15) is 4.79 Å². The first-order valence-electron chi connectivity index (χ1n) is 13.0. The molecule has 2 aliphatic carbocycles. The third kappa shape index (κ3) is 5.29. The van der Waals surface area contributed by atoms with Gasteiger partial charge in [0.1, 0.15) is 18.1 Å². The SMILES string of the molecule is C=C1CC(OC(=O)C2(c3cccs3)CCCCCC2)C1CC[NH2+]Cc1cnn(-c2ccccc2)c1. The summed E-state index contributed by atoms with van der Waals surface area (Å²) in [5.41, 5.74) is 3.05. The van der Waals surface area contributed by atoms with Crippen LogP contribution in [-0.4, -0.2) is 28.4 Å². The van der Waals surface area contributed by atoms with Crippen LogP contribution in [0.3, 0.4) is 0 Å². The Morgan fingerprint density at radius 3 is 2.66 bits per heavy atom. The van der Waals surface area contributed by atoms with Crippen LogP contribution in [0.4, 0.5) is 0 Å². The van der Waals surface area contributed by atoms with Crippen LogP contribution in [0.25, 0.3) is 5.69 Å². The van der Waals surface area contributed by atoms with E-state index >= 15 is 0 Å². The molecule has 1 aromatic carbocycles. The molecule has 0 aliphatic heterocycles. The number of carbonyl (C=O) groups is 1. The van der Waals surface area contributed by atoms with Gasteiger partial charge in [0.05, 0.1) is 18.4 Å². The molecule has 3 aromatic rings. The summed E-state index contributed by atoms with van der Waals surface area (Å²) in [6.07, 6.45) is 12.2. The lowest BCUT2D eigenvalue weighted by Crippen LogP contribution is -2.83. The van der Waals surface area contributed by atoms with Gasteiger partial charge in [-0.3, -0.25) is 4.79 Å². The molecule has 0 amide bonds. The Kier molecular flexibility index (Phi) is 7.49. The Morgan fingerprint density at radius 1 is 1.14 bits per heavy atom. The molecule has 2 heterocycles. The van der Waals surface area contributed by atoms with Crippen LogP contribution in [-0.2, 0) is 21.5 Å². The molecule has 2 unspecified atom stereocenters. The van der Waals surface area contributed by atoms with Gasteiger partial charge in [-0.1, -0.05) is 62.1 Å². The maximum atomic E-state index is 13.6. The molecule has 2 saturated carbocycles. The zero-order valence-electron chi connectivity index (χ0n) is 20.4. The molecule has 5 nitrogen and oxygen atoms in total. The average molecular weight is 491 g/mol. The zero-order valence-corrected chi connectivity index (χ0v) is 21.2. The van der Waals surface area contributed by atoms with Crippen molar-refractivity contribution in [3.8, 4) is 5.69 Å². The number of rotatable bonds is 9. The van der Waals surface area contributed by atoms with Gasteiger partial charge in [-0.2, -0.15) is 5.10 Å². The first kappa shape index (κ1) is 24.0. The second-order valence-electron chi connectivity index (χ2n) is 10.1. The monoisotopic (exact) mass is 490 g/mol. The molecule has 0 bridgehead atoms. The van der Waals surface area contributed by atoms with Crippen molar-refractivity contribution in [1.82, 2.24) is 9.78 Å². The second kappa shape index (κ2) is 10.9. The number of para-hydroxylation sites is 1. The van der Waals surface area contributed by atoms with Crippen molar-refractivity contribution >= 4 is 17.3 Å². The van der Waals surface area contributed by atoms with Crippen LogP contribution in [0.2, 0.25) is 0 Å². The molecule has 2 aromatic heterocycles. The van der Waals surface area contributed by atoms with Gasteiger partial charge in [0.15, 0.2) is 0 Å². The smallest absolute Gasteiger partial charge is 0.317 e. The van der Waals surface area contributed by atoms with Gasteiger partial charge in [-0.25, -0.2) is 4.68 Å². The Bertz CT molecular complexity index is 1110. The lowest BCUT2D eigenvalue weighted by atomic mass is 9.74. The van der Waals surface area contributed by atoms with Crippen molar-refractivity contribution in [2.75, 3.05) is 6.54 Å². The first-order chi connectivity index (χ1) is 17.2. The van der Waals surface area contributed by atoms with Crippen molar-refractivity contribution in [2.24, 2.45) is 5.92 Å². The minimum atomic E-state index is -0.447. The molecule has 0 radical (unpaired) electrons. The van der Waals surface area contributed by atoms with Crippen molar-refractivity contribution in [3.05, 3.63) is 82.8 Å². The number of hydrogen-bond acceptors (Lipinski definition) is 4. The number of benzene rings is 1. The van der Waals surface area contributed by atoms with Crippen LogP contribution in [0.5, 0.6) is 0 Å². The van der Waals surface area contributed by atoms with E-state index in [-0.39, 0.29) is 18.0 Å². The third-order valence-corrected chi connectivity index (χ3v) is 8.83. The molecule has 0 spiro atoms. The molecule has 2 aliphatic rings. The zero-order chi connectivity index (χ0) is 24.1. The number of aromatic nitrogens is 2. The molecular weight excluding hydrogens is 454 g/mol. The lowest BCUT2D eigenvalue weighted by Gasteiger charge is -2.40. The first-order valence-corrected chi connectivity index (χ1v) is 13.9. The normalized spacial score (nSPS) is 21.8. The van der Waals surface area contributed by atoms with E-state index in [1.165, 1.54) is 28.9 Å². The quantitative estimate of drug-likeness (QED) is 0.195. The molecule has 35 heavy (non-hydrogen) atoms. The largest absolute Gasteiger partial charge is 0.461 e. The van der Waals surface area contributed by atoms with E-state index < -0.39 is 5.41 Å². The highest BCUT2D eigenvalue weighted by molar-refractivity contribution is 7.10. The standard InChI is InChI=1S/C29H35N3O2S/c1-22-18-26(34-28(33)29(27-12-9-17-35-27)14-7-2-3-8-15-29)25(22)13-16-30-19-23-20-31-32(21-23)24-10-5-4-6-11-24/h4-6,9-12,17,20-21,25-26,30H,1-3,7-8,13-16,18-19H2/p+1. The van der Waals surface area contributed by atoms with Crippen molar-refractivity contribution in [1.29, 1.82) is 0 Å². The molecule has 2 N–H and O–H groups in total. The van der Waals surface area contributed by atoms with Crippen molar-refractivity contribution < 1.29 is 14.8 Å². The maximum Gasteiger partial charge on any atom is 0.317 e. The van der Waals surface area contributed by atoms with Gasteiger partial charge < -0.3 is 10.1 Å². The second-order valence-corrected chi connectivity index (χ2v) is 11.0. The number of thiophene rings is 1. The van der Waals surface area contributed by atoms with Crippen molar-refractivity contribution in [2.45, 2.75) is 69.4 Å². The highest BCUT2D eigenvalue weighted by Crippen LogP contribution is 2.44. The number of esters is 1. The summed E-state index contributed by atoms with van der Waals surface area (Å²) in [5.74, 6) is 0.273. The van der Waals surface area contributed by atoms with Gasteiger partial charge in [0.2, 0.25) is 0 Å². The van der Waals surface area contributed by atoms with Gasteiger partial charge in [0, 0.05) is 35.4 Å². The molecule has 0 saturated heterocycles. The predicted octanol–water partition coefficient (Wildman–Crippen LogP) is 5.17. The molecule has 2 atom stereocenters. The number of carbonyl (C=O) groups excluding carboxylic acids is 1. The summed E-state index contributed by atoms with van der Waals surface area (Å²) in [5, 5.41) is 8.89. The molecule has 6 heteroatoms. The van der Waals surface area contributed by atoms with Crippen LogP contribution in [0.1, 0.15) is 61.8 Å². The van der Waals surface area contributed by atoms with E-state index in [2.05, 4.69) is 52.8 Å². The summed E-state index contributed by atoms with van der Waals surface area (Å²) in [7, 11) is 0. The minimum Gasteiger partial charge on any atom is -0.461 e. The summed E-state index contributed by atoms with van der Waals surface area (Å²) >= 11 is 1.70. The summed E-state index contributed by atoms with van der Waals surface area (Å²) in [4.78, 5) is 14.8. The fourth-order valence-electron chi connectivity index (χ4n) is 5.61. The molecular formula is C29H36N3O2S+. The third-order valence-electron chi connectivity index (χ3n) is 7.75. The minimum absolute atomic E-state index is 0.00153. The number of quaternary nitrogens is 1. The summed E-state index contributed by atoms with van der Waals surface area (Å²) < 4.78 is 8.16. The van der Waals surface area contributed by atoms with E-state index in [0.717, 1.165) is 57.3 Å². The Labute approximate surface area is 212 Å². The number of hydrogen-bond donors (Lipinski definition) is 1. The number of nitrogens with two attached hydrogens (primary N) is 1. The topological polar surface area (TPSA) is 60.7 Å². The van der Waals surface area contributed by atoms with Gasteiger partial charge in [-0.05, 0) is 36.4 Å². The highest BCUT2D eigenvalue weighted by atomic mass is 32.1. The fraction of sp³-hybridized carbons (Fsp3) is 0.448. The summed E-state index contributed by atoms with van der Waals surface area (Å²) in [6.45, 7) is 6.11. The van der Waals surface area contributed by atoms with Gasteiger partial charge in [-0.15, -0.1) is 11.3 Å². The van der Waals surface area contributed by atoms with E-state index in [4.69, 9.17) is 4.74 Å². The van der Waals surface area contributed by atoms with Crippen LogP contribution >= 0.6 is 11.3 Å². The lowest BCUT2D eigenvalue weighted by molar-refractivity contribution is -0.671. The fourth-order valence-corrected chi connectivity index (χ4v) is 6.58. The van der Waals surface area contributed by atoms with Crippen LogP contribution < -0.4 is 5.32 Å². The molecule has 184 valence electrons. The van der Waals surface area contributed by atoms with E-state index in [1.54, 1.807) is 11.3 Å². The van der Waals surface area contributed by atoms with E-state index in [0.29, 0.717) is 0 Å². The Morgan fingerprint density at radius 2 is 1.94 bits per heavy atom. The maximum absolute atomic E-state index is 13.6. The Hall–Kier alpha value is -2.70. The summed E-state index contributed by atoms with van der Waals surface area (Å²) in [6, 6.07) is 14.4. The number of ether oxygens (including phenoxy) is 1. The van der Waals surface area contributed by atoms with Crippen LogP contribution in [0, 0.1) is 5.92 Å².